The van der Waals surface area contributed by atoms with E-state index < -0.39 is 0 Å². The highest BCUT2D eigenvalue weighted by molar-refractivity contribution is 7.26. The van der Waals surface area contributed by atoms with E-state index in [2.05, 4.69) is 220 Å². The molecule has 0 radical (unpaired) electrons. The second-order valence-corrected chi connectivity index (χ2v) is 20.2. The predicted molar refractivity (Wildman–Crippen MR) is 274 cm³/mol. The van der Waals surface area contributed by atoms with E-state index in [-0.39, 0.29) is 16.7 Å². The van der Waals surface area contributed by atoms with Crippen LogP contribution in [0.2, 0.25) is 0 Å². The van der Waals surface area contributed by atoms with Crippen molar-refractivity contribution in [2.45, 2.75) is 64.2 Å². The molecule has 0 bridgehead atoms. The van der Waals surface area contributed by atoms with Gasteiger partial charge < -0.3 is 4.90 Å². The Bertz CT molecular complexity index is 3270. The van der Waals surface area contributed by atoms with E-state index in [1.165, 1.54) is 119 Å². The maximum absolute atomic E-state index is 2.59. The molecule has 4 aliphatic rings. The Labute approximate surface area is 382 Å². The van der Waals surface area contributed by atoms with Crippen molar-refractivity contribution in [1.82, 2.24) is 0 Å². The molecule has 0 saturated heterocycles. The molecule has 12 rings (SSSR count). The molecule has 64 heavy (non-hydrogen) atoms. The Kier molecular flexibility index (Phi) is 9.39. The molecule has 1 nitrogen and oxygen atoms in total. The van der Waals surface area contributed by atoms with Crippen molar-refractivity contribution in [2.24, 2.45) is 11.3 Å². The SMILES string of the molecule is CC1(C)c2ccccc2-c2ccc(-c3ccccc3N(c3cccc(-c4cccc5c4sc4ccccc45)c3)c3ccccc3C3C=CC=C4C=CC=C(C5CCCCC5)C43C)cc21. The molecule has 1 saturated carbocycles. The van der Waals surface area contributed by atoms with Gasteiger partial charge in [-0.2, -0.15) is 0 Å². The lowest BCUT2D eigenvalue weighted by Crippen LogP contribution is -2.36. The van der Waals surface area contributed by atoms with Gasteiger partial charge in [-0.1, -0.05) is 203 Å². The van der Waals surface area contributed by atoms with Crippen LogP contribution in [0.4, 0.5) is 17.1 Å². The molecule has 2 atom stereocenters. The average molecular weight is 844 g/mol. The summed E-state index contributed by atoms with van der Waals surface area (Å²) >= 11 is 1.90. The van der Waals surface area contributed by atoms with Crippen molar-refractivity contribution < 1.29 is 0 Å². The van der Waals surface area contributed by atoms with Gasteiger partial charge in [0.15, 0.2) is 0 Å². The summed E-state index contributed by atoms with van der Waals surface area (Å²) in [6.45, 7) is 7.31. The minimum atomic E-state index is -0.161. The lowest BCUT2D eigenvalue weighted by Gasteiger charge is -2.47. The van der Waals surface area contributed by atoms with E-state index in [1.54, 1.807) is 5.57 Å². The van der Waals surface area contributed by atoms with Gasteiger partial charge in [0, 0.05) is 53.9 Å². The maximum Gasteiger partial charge on any atom is 0.0540 e. The lowest BCUT2D eigenvalue weighted by molar-refractivity contribution is 0.317. The van der Waals surface area contributed by atoms with Crippen molar-refractivity contribution in [3.63, 3.8) is 0 Å². The number of rotatable bonds is 7. The first kappa shape index (κ1) is 39.1. The van der Waals surface area contributed by atoms with Crippen LogP contribution in [-0.2, 0) is 5.41 Å². The van der Waals surface area contributed by atoms with Crippen molar-refractivity contribution in [3.8, 4) is 33.4 Å². The number of hydrogen-bond donors (Lipinski definition) is 0. The van der Waals surface area contributed by atoms with Gasteiger partial charge in [-0.3, -0.25) is 0 Å². The highest BCUT2D eigenvalue weighted by Crippen LogP contribution is 2.59. The van der Waals surface area contributed by atoms with Gasteiger partial charge in [0.25, 0.3) is 0 Å². The fraction of sp³-hybridized carbons (Fsp3) is 0.194. The van der Waals surface area contributed by atoms with Crippen molar-refractivity contribution in [1.29, 1.82) is 0 Å². The number of fused-ring (bicyclic) bond motifs is 7. The summed E-state index contributed by atoms with van der Waals surface area (Å²) in [6, 6.07) is 59.6. The lowest BCUT2D eigenvalue weighted by atomic mass is 9.57. The van der Waals surface area contributed by atoms with Crippen LogP contribution in [0.15, 0.2) is 205 Å². The summed E-state index contributed by atoms with van der Waals surface area (Å²) in [5.74, 6) is 0.750. The Hall–Kier alpha value is -6.48. The fourth-order valence-electron chi connectivity index (χ4n) is 12.1. The fourth-order valence-corrected chi connectivity index (χ4v) is 13.4. The Morgan fingerprint density at radius 3 is 2.14 bits per heavy atom. The quantitative estimate of drug-likeness (QED) is 0.154. The first-order chi connectivity index (χ1) is 31.4. The zero-order valence-electron chi connectivity index (χ0n) is 37.0. The predicted octanol–water partition coefficient (Wildman–Crippen LogP) is 17.8. The number of benzene rings is 7. The largest absolute Gasteiger partial charge is 0.310 e. The minimum absolute atomic E-state index is 0.100. The highest BCUT2D eigenvalue weighted by Gasteiger charge is 2.45. The maximum atomic E-state index is 2.59. The van der Waals surface area contributed by atoms with Crippen LogP contribution < -0.4 is 4.90 Å². The van der Waals surface area contributed by atoms with E-state index in [4.69, 9.17) is 0 Å². The molecule has 2 unspecified atom stereocenters. The van der Waals surface area contributed by atoms with E-state index in [9.17, 15) is 0 Å². The van der Waals surface area contributed by atoms with Gasteiger partial charge >= 0.3 is 0 Å². The van der Waals surface area contributed by atoms with E-state index in [0.29, 0.717) is 5.92 Å². The third-order valence-corrected chi connectivity index (χ3v) is 16.6. The summed E-state index contributed by atoms with van der Waals surface area (Å²) in [4.78, 5) is 2.59. The standard InChI is InChI=1S/C62H53NS/c1-61(2)54-31-11-7-26-48(54)49-38-37-43(40-56(49)61)46-25-8-12-34-57(46)63(45-24-15-21-42(39-45)47-29-18-30-51-50-27-10-14-36-59(50)64-60(47)51)58-35-13-9-28-52(58)55-33-17-23-44-22-16-32-53(62(44,55)3)41-19-5-4-6-20-41/h7-18,21-41,55H,4-6,19-20H2,1-3H3. The third kappa shape index (κ3) is 6.10. The number of hydrogen-bond acceptors (Lipinski definition) is 2. The molecule has 1 aromatic heterocycles. The normalized spacial score (nSPS) is 19.8. The van der Waals surface area contributed by atoms with Crippen LogP contribution in [0, 0.1) is 11.3 Å². The van der Waals surface area contributed by atoms with Crippen LogP contribution in [0.1, 0.15) is 75.5 Å². The molecule has 4 aliphatic carbocycles. The van der Waals surface area contributed by atoms with Gasteiger partial charge in [-0.05, 0) is 105 Å². The number of thiophene rings is 1. The van der Waals surface area contributed by atoms with Gasteiger partial charge in [-0.25, -0.2) is 0 Å². The Morgan fingerprint density at radius 1 is 0.547 bits per heavy atom. The van der Waals surface area contributed by atoms with Gasteiger partial charge in [-0.15, -0.1) is 11.3 Å². The van der Waals surface area contributed by atoms with Crippen LogP contribution in [0.3, 0.4) is 0 Å². The molecular weight excluding hydrogens is 791 g/mol. The Morgan fingerprint density at radius 2 is 1.25 bits per heavy atom. The minimum Gasteiger partial charge on any atom is -0.310 e. The monoisotopic (exact) mass is 843 g/mol. The molecule has 0 aliphatic heterocycles. The van der Waals surface area contributed by atoms with E-state index >= 15 is 0 Å². The zero-order chi connectivity index (χ0) is 43.0. The van der Waals surface area contributed by atoms with Crippen LogP contribution >= 0.6 is 11.3 Å². The summed E-state index contributed by atoms with van der Waals surface area (Å²) in [5, 5.41) is 2.65. The van der Waals surface area contributed by atoms with Crippen LogP contribution in [0.5, 0.6) is 0 Å². The summed E-state index contributed by atoms with van der Waals surface area (Å²) < 4.78 is 2.66. The number of allylic oxidation sites excluding steroid dienone is 8. The number of anilines is 3. The van der Waals surface area contributed by atoms with Crippen LogP contribution in [-0.4, -0.2) is 0 Å². The average Bonchev–Trinajstić information content (AvgIpc) is 3.83. The van der Waals surface area contributed by atoms with Crippen LogP contribution in [0.25, 0.3) is 53.6 Å². The van der Waals surface area contributed by atoms with Gasteiger partial charge in [0.1, 0.15) is 0 Å². The van der Waals surface area contributed by atoms with Gasteiger partial charge in [0.2, 0.25) is 0 Å². The second kappa shape index (κ2) is 15.4. The van der Waals surface area contributed by atoms with E-state index in [0.717, 1.165) is 5.69 Å². The molecular formula is C62H53NS. The highest BCUT2D eigenvalue weighted by atomic mass is 32.1. The van der Waals surface area contributed by atoms with Crippen molar-refractivity contribution in [2.75, 3.05) is 4.90 Å². The van der Waals surface area contributed by atoms with Crippen molar-refractivity contribution >= 4 is 48.6 Å². The summed E-state index contributed by atoms with van der Waals surface area (Å²) in [6.07, 6.45) is 20.9. The molecule has 0 spiro atoms. The molecule has 0 N–H and O–H groups in total. The molecule has 7 aromatic carbocycles. The van der Waals surface area contributed by atoms with Gasteiger partial charge in [0.05, 0.1) is 5.69 Å². The first-order valence-electron chi connectivity index (χ1n) is 23.4. The molecule has 1 heterocycles. The summed E-state index contributed by atoms with van der Waals surface area (Å²) in [5.41, 5.74) is 18.1. The molecule has 8 aromatic rings. The number of nitrogens with zero attached hydrogens (tertiary/aromatic N) is 1. The molecule has 312 valence electrons. The topological polar surface area (TPSA) is 3.24 Å². The smallest absolute Gasteiger partial charge is 0.0540 e. The first-order valence-corrected chi connectivity index (χ1v) is 24.2. The zero-order valence-corrected chi connectivity index (χ0v) is 37.8. The summed E-state index contributed by atoms with van der Waals surface area (Å²) in [7, 11) is 0. The molecule has 1 fully saturated rings. The second-order valence-electron chi connectivity index (χ2n) is 19.2. The number of para-hydroxylation sites is 2. The molecule has 0 amide bonds. The molecule has 2 heteroatoms. The third-order valence-electron chi connectivity index (χ3n) is 15.4. The van der Waals surface area contributed by atoms with Crippen molar-refractivity contribution in [3.05, 3.63) is 222 Å². The van der Waals surface area contributed by atoms with E-state index in [1.807, 2.05) is 11.3 Å². The Balaban J connectivity index is 1.06.